The molecule has 6 nitrogen and oxygen atoms in total. The van der Waals surface area contributed by atoms with E-state index in [0.717, 1.165) is 34.1 Å². The number of imidazole rings is 1. The van der Waals surface area contributed by atoms with Crippen LogP contribution in [-0.4, -0.2) is 29.3 Å². The standard InChI is InChI=1S/C20H20N6/c1-13(25-12-11-21-14(25)2)20-23-19(16-8-9-16)24-26(20)17-7-3-5-15-6-4-10-22-18(15)17/h3-7,10-13,16H,8-9H2,1-2H3/t13-/m1/s1. The Morgan fingerprint density at radius 2 is 1.92 bits per heavy atom. The van der Waals surface area contributed by atoms with E-state index in [9.17, 15) is 0 Å². The molecule has 1 aliphatic carbocycles. The second-order valence-corrected chi connectivity index (χ2v) is 6.92. The van der Waals surface area contributed by atoms with Gasteiger partial charge in [-0.25, -0.2) is 14.6 Å². The third-order valence-corrected chi connectivity index (χ3v) is 5.08. The molecule has 5 rings (SSSR count). The van der Waals surface area contributed by atoms with Crippen molar-refractivity contribution in [3.05, 3.63) is 66.4 Å². The highest BCUT2D eigenvalue weighted by Gasteiger charge is 2.31. The van der Waals surface area contributed by atoms with Crippen LogP contribution in [0.1, 0.15) is 49.2 Å². The minimum absolute atomic E-state index is 0.0384. The normalized spacial score (nSPS) is 15.5. The second-order valence-electron chi connectivity index (χ2n) is 6.92. The van der Waals surface area contributed by atoms with Crippen LogP contribution in [0.5, 0.6) is 0 Å². The number of hydrogen-bond acceptors (Lipinski definition) is 4. The molecule has 26 heavy (non-hydrogen) atoms. The molecule has 1 atom stereocenters. The summed E-state index contributed by atoms with van der Waals surface area (Å²) in [5, 5.41) is 5.99. The molecular formula is C20H20N6. The molecule has 1 saturated carbocycles. The van der Waals surface area contributed by atoms with Crippen molar-refractivity contribution in [2.45, 2.75) is 38.6 Å². The Morgan fingerprint density at radius 1 is 1.08 bits per heavy atom. The first kappa shape index (κ1) is 15.3. The second kappa shape index (κ2) is 5.76. The summed E-state index contributed by atoms with van der Waals surface area (Å²) < 4.78 is 4.11. The molecule has 3 aromatic heterocycles. The van der Waals surface area contributed by atoms with Gasteiger partial charge in [0, 0.05) is 29.9 Å². The predicted molar refractivity (Wildman–Crippen MR) is 99.4 cm³/mol. The van der Waals surface area contributed by atoms with Crippen LogP contribution in [-0.2, 0) is 0 Å². The quantitative estimate of drug-likeness (QED) is 0.565. The Kier molecular flexibility index (Phi) is 3.38. The first-order chi connectivity index (χ1) is 12.7. The topological polar surface area (TPSA) is 61.4 Å². The number of aromatic nitrogens is 6. The van der Waals surface area contributed by atoms with Gasteiger partial charge in [-0.1, -0.05) is 18.2 Å². The summed E-state index contributed by atoms with van der Waals surface area (Å²) in [5.41, 5.74) is 1.92. The van der Waals surface area contributed by atoms with E-state index < -0.39 is 0 Å². The summed E-state index contributed by atoms with van der Waals surface area (Å²) in [4.78, 5) is 13.9. The molecule has 0 bridgehead atoms. The highest BCUT2D eigenvalue weighted by atomic mass is 15.4. The largest absolute Gasteiger partial charge is 0.325 e. The molecule has 0 unspecified atom stereocenters. The zero-order valence-electron chi connectivity index (χ0n) is 14.9. The number of aryl methyl sites for hydroxylation is 1. The number of rotatable bonds is 4. The lowest BCUT2D eigenvalue weighted by Gasteiger charge is -2.16. The van der Waals surface area contributed by atoms with Crippen molar-refractivity contribution in [2.24, 2.45) is 0 Å². The Hall–Kier alpha value is -3.02. The van der Waals surface area contributed by atoms with E-state index in [1.807, 2.05) is 36.3 Å². The molecule has 1 aliphatic rings. The van der Waals surface area contributed by atoms with Crippen LogP contribution in [0.25, 0.3) is 16.6 Å². The van der Waals surface area contributed by atoms with Gasteiger partial charge in [-0.05, 0) is 38.8 Å². The van der Waals surface area contributed by atoms with Crippen LogP contribution in [0.4, 0.5) is 0 Å². The van der Waals surface area contributed by atoms with Crippen LogP contribution in [0.15, 0.2) is 48.9 Å². The summed E-state index contributed by atoms with van der Waals surface area (Å²) in [6, 6.07) is 10.3. The monoisotopic (exact) mass is 344 g/mol. The SMILES string of the molecule is Cc1nccn1[C@H](C)c1nc(C2CC2)nn1-c1cccc2cccnc12. The highest BCUT2D eigenvalue weighted by Crippen LogP contribution is 2.39. The molecule has 6 heteroatoms. The summed E-state index contributed by atoms with van der Waals surface area (Å²) in [6.45, 7) is 4.16. The Bertz CT molecular complexity index is 1080. The van der Waals surface area contributed by atoms with Crippen LogP contribution in [0.3, 0.4) is 0 Å². The van der Waals surface area contributed by atoms with Crippen LogP contribution >= 0.6 is 0 Å². The van der Waals surface area contributed by atoms with Gasteiger partial charge < -0.3 is 4.57 Å². The zero-order valence-corrected chi connectivity index (χ0v) is 14.9. The van der Waals surface area contributed by atoms with Crippen molar-refractivity contribution in [2.75, 3.05) is 0 Å². The molecule has 1 fully saturated rings. The van der Waals surface area contributed by atoms with Crippen molar-refractivity contribution in [3.8, 4) is 5.69 Å². The van der Waals surface area contributed by atoms with E-state index in [-0.39, 0.29) is 6.04 Å². The molecule has 0 spiro atoms. The van der Waals surface area contributed by atoms with E-state index >= 15 is 0 Å². The number of benzene rings is 1. The fraction of sp³-hybridized carbons (Fsp3) is 0.300. The number of fused-ring (bicyclic) bond motifs is 1. The molecule has 0 radical (unpaired) electrons. The molecule has 0 N–H and O–H groups in total. The lowest BCUT2D eigenvalue weighted by atomic mass is 10.2. The van der Waals surface area contributed by atoms with Crippen molar-refractivity contribution < 1.29 is 0 Å². The third kappa shape index (κ3) is 2.41. The highest BCUT2D eigenvalue weighted by molar-refractivity contribution is 5.86. The van der Waals surface area contributed by atoms with Gasteiger partial charge in [0.05, 0.1) is 17.2 Å². The fourth-order valence-electron chi connectivity index (χ4n) is 3.48. The van der Waals surface area contributed by atoms with Crippen molar-refractivity contribution in [1.82, 2.24) is 29.3 Å². The summed E-state index contributed by atoms with van der Waals surface area (Å²) in [5.74, 6) is 3.33. The van der Waals surface area contributed by atoms with E-state index in [1.54, 1.807) is 0 Å². The number of hydrogen-bond donors (Lipinski definition) is 0. The number of pyridine rings is 1. The van der Waals surface area contributed by atoms with Crippen LogP contribution < -0.4 is 0 Å². The Morgan fingerprint density at radius 3 is 2.69 bits per heavy atom. The van der Waals surface area contributed by atoms with E-state index in [0.29, 0.717) is 5.92 Å². The summed E-state index contributed by atoms with van der Waals surface area (Å²) >= 11 is 0. The Labute approximate surface area is 151 Å². The van der Waals surface area contributed by atoms with Gasteiger partial charge in [0.25, 0.3) is 0 Å². The molecule has 130 valence electrons. The summed E-state index contributed by atoms with van der Waals surface area (Å²) in [6.07, 6.45) is 8.00. The maximum absolute atomic E-state index is 4.93. The number of nitrogens with zero attached hydrogens (tertiary/aromatic N) is 6. The van der Waals surface area contributed by atoms with Gasteiger partial charge in [0.15, 0.2) is 11.6 Å². The van der Waals surface area contributed by atoms with Gasteiger partial charge in [-0.2, -0.15) is 5.10 Å². The van der Waals surface area contributed by atoms with E-state index in [4.69, 9.17) is 10.1 Å². The molecule has 1 aromatic carbocycles. The van der Waals surface area contributed by atoms with Gasteiger partial charge >= 0.3 is 0 Å². The predicted octanol–water partition coefficient (Wildman–Crippen LogP) is 3.81. The average molecular weight is 344 g/mol. The first-order valence-electron chi connectivity index (χ1n) is 9.03. The van der Waals surface area contributed by atoms with Gasteiger partial charge in [0.2, 0.25) is 0 Å². The van der Waals surface area contributed by atoms with Gasteiger partial charge in [-0.3, -0.25) is 4.98 Å². The van der Waals surface area contributed by atoms with Gasteiger partial charge in [-0.15, -0.1) is 0 Å². The van der Waals surface area contributed by atoms with Crippen molar-refractivity contribution in [1.29, 1.82) is 0 Å². The molecular weight excluding hydrogens is 324 g/mol. The summed E-state index contributed by atoms with van der Waals surface area (Å²) in [7, 11) is 0. The lowest BCUT2D eigenvalue weighted by molar-refractivity contribution is 0.566. The molecule has 0 aliphatic heterocycles. The molecule has 4 aromatic rings. The van der Waals surface area contributed by atoms with Crippen LogP contribution in [0.2, 0.25) is 0 Å². The van der Waals surface area contributed by atoms with Crippen molar-refractivity contribution in [3.63, 3.8) is 0 Å². The van der Waals surface area contributed by atoms with Gasteiger partial charge in [0.1, 0.15) is 5.82 Å². The van der Waals surface area contributed by atoms with E-state index in [2.05, 4.69) is 45.7 Å². The maximum Gasteiger partial charge on any atom is 0.155 e. The molecule has 0 amide bonds. The minimum Gasteiger partial charge on any atom is -0.325 e. The molecule has 3 heterocycles. The van der Waals surface area contributed by atoms with E-state index in [1.165, 1.54) is 12.8 Å². The third-order valence-electron chi connectivity index (χ3n) is 5.08. The molecule has 0 saturated heterocycles. The lowest BCUT2D eigenvalue weighted by Crippen LogP contribution is -2.14. The zero-order chi connectivity index (χ0) is 17.7. The first-order valence-corrected chi connectivity index (χ1v) is 9.03. The number of para-hydroxylation sites is 1. The average Bonchev–Trinajstić information content (AvgIpc) is 3.28. The van der Waals surface area contributed by atoms with Crippen LogP contribution in [0, 0.1) is 6.92 Å². The Balaban J connectivity index is 1.72. The maximum atomic E-state index is 4.93. The fourth-order valence-corrected chi connectivity index (χ4v) is 3.48. The minimum atomic E-state index is 0.0384. The van der Waals surface area contributed by atoms with Crippen molar-refractivity contribution >= 4 is 10.9 Å². The smallest absolute Gasteiger partial charge is 0.155 e.